The predicted molar refractivity (Wildman–Crippen MR) is 67.4 cm³/mol. The van der Waals surface area contributed by atoms with Gasteiger partial charge >= 0.3 is 0 Å². The lowest BCUT2D eigenvalue weighted by atomic mass is 9.70. The van der Waals surface area contributed by atoms with Crippen LogP contribution in [0.3, 0.4) is 0 Å². The molecule has 0 aromatic carbocycles. The number of hydrogen-bond acceptors (Lipinski definition) is 2. The van der Waals surface area contributed by atoms with Crippen LogP contribution in [-0.4, -0.2) is 18.1 Å². The first-order valence-electron chi connectivity index (χ1n) is 6.77. The number of rotatable bonds is 4. The average Bonchev–Trinajstić information content (AvgIpc) is 2.57. The van der Waals surface area contributed by atoms with Crippen LogP contribution in [-0.2, 0) is 9.53 Å². The van der Waals surface area contributed by atoms with E-state index in [4.69, 9.17) is 10.5 Å². The summed E-state index contributed by atoms with van der Waals surface area (Å²) in [5.41, 5.74) is 5.91. The molecule has 0 heterocycles. The molecule has 2 saturated carbocycles. The van der Waals surface area contributed by atoms with E-state index in [1.807, 2.05) is 6.92 Å². The van der Waals surface area contributed by atoms with Crippen LogP contribution in [0.5, 0.6) is 0 Å². The van der Waals surface area contributed by atoms with Crippen LogP contribution in [0.15, 0.2) is 0 Å². The summed E-state index contributed by atoms with van der Waals surface area (Å²) in [5.74, 6) is 0.416. The van der Waals surface area contributed by atoms with Gasteiger partial charge in [-0.1, -0.05) is 27.7 Å². The number of carbonyl (C=O) groups is 1. The Morgan fingerprint density at radius 1 is 1.47 bits per heavy atom. The Kier molecular flexibility index (Phi) is 3.01. The second-order valence-electron chi connectivity index (χ2n) is 6.53. The van der Waals surface area contributed by atoms with Crippen LogP contribution in [0.25, 0.3) is 0 Å². The zero-order valence-corrected chi connectivity index (χ0v) is 11.5. The van der Waals surface area contributed by atoms with Gasteiger partial charge in [-0.05, 0) is 42.4 Å². The van der Waals surface area contributed by atoms with Crippen LogP contribution in [0.2, 0.25) is 0 Å². The minimum absolute atomic E-state index is 0.202. The molecule has 3 heteroatoms. The smallest absolute Gasteiger partial charge is 0.246 e. The lowest BCUT2D eigenvalue weighted by molar-refractivity contribution is -0.141. The number of carbonyl (C=O) groups excluding carboxylic acids is 1. The maximum Gasteiger partial charge on any atom is 0.246 e. The van der Waals surface area contributed by atoms with E-state index in [0.717, 1.165) is 12.3 Å². The van der Waals surface area contributed by atoms with Gasteiger partial charge in [0.25, 0.3) is 0 Å². The van der Waals surface area contributed by atoms with E-state index in [9.17, 15) is 4.79 Å². The highest BCUT2D eigenvalue weighted by Crippen LogP contribution is 2.66. The molecule has 2 aliphatic carbocycles. The Morgan fingerprint density at radius 3 is 2.47 bits per heavy atom. The van der Waals surface area contributed by atoms with Gasteiger partial charge in [0.1, 0.15) is 6.10 Å². The lowest BCUT2D eigenvalue weighted by Gasteiger charge is -2.39. The van der Waals surface area contributed by atoms with E-state index < -0.39 is 6.10 Å². The number of amides is 1. The normalized spacial score (nSPS) is 40.5. The summed E-state index contributed by atoms with van der Waals surface area (Å²) in [6, 6.07) is 0. The molecule has 0 aliphatic heterocycles. The van der Waals surface area contributed by atoms with E-state index in [2.05, 4.69) is 20.8 Å². The molecule has 2 aliphatic rings. The first-order valence-corrected chi connectivity index (χ1v) is 6.77. The van der Waals surface area contributed by atoms with Gasteiger partial charge in [-0.3, -0.25) is 4.79 Å². The molecular formula is C14H25NO2. The number of fused-ring (bicyclic) bond motifs is 2. The third-order valence-electron chi connectivity index (χ3n) is 5.73. The van der Waals surface area contributed by atoms with Gasteiger partial charge < -0.3 is 10.5 Å². The zero-order valence-electron chi connectivity index (χ0n) is 11.5. The summed E-state index contributed by atoms with van der Waals surface area (Å²) in [6.07, 6.45) is 4.07. The van der Waals surface area contributed by atoms with Gasteiger partial charge in [0, 0.05) is 0 Å². The predicted octanol–water partition coefficient (Wildman–Crippen LogP) is 2.48. The van der Waals surface area contributed by atoms with Gasteiger partial charge in [0.2, 0.25) is 5.91 Å². The van der Waals surface area contributed by atoms with Gasteiger partial charge in [0.05, 0.1) is 6.10 Å². The monoisotopic (exact) mass is 239 g/mol. The van der Waals surface area contributed by atoms with E-state index >= 15 is 0 Å². The summed E-state index contributed by atoms with van der Waals surface area (Å²) in [4.78, 5) is 11.3. The van der Waals surface area contributed by atoms with Crippen LogP contribution in [0, 0.1) is 16.7 Å². The highest BCUT2D eigenvalue weighted by Gasteiger charge is 2.62. The SMILES string of the molecule is CCC(OC1CC2CCC1(C)C2(C)C)C(N)=O. The Labute approximate surface area is 104 Å². The summed E-state index contributed by atoms with van der Waals surface area (Å²) >= 11 is 0. The van der Waals surface area contributed by atoms with Gasteiger partial charge in [-0.2, -0.15) is 0 Å². The molecule has 0 spiro atoms. The van der Waals surface area contributed by atoms with Gasteiger partial charge in [-0.25, -0.2) is 0 Å². The minimum Gasteiger partial charge on any atom is -0.367 e. The molecule has 2 rings (SSSR count). The number of hydrogen-bond donors (Lipinski definition) is 1. The van der Waals surface area contributed by atoms with E-state index in [1.54, 1.807) is 0 Å². The molecule has 2 N–H and O–H groups in total. The van der Waals surface area contributed by atoms with Crippen molar-refractivity contribution >= 4 is 5.91 Å². The number of ether oxygens (including phenoxy) is 1. The third kappa shape index (κ3) is 1.70. The van der Waals surface area contributed by atoms with Crippen LogP contribution in [0.1, 0.15) is 53.4 Å². The second kappa shape index (κ2) is 3.98. The molecule has 4 atom stereocenters. The summed E-state index contributed by atoms with van der Waals surface area (Å²) in [5, 5.41) is 0. The molecule has 0 radical (unpaired) electrons. The highest BCUT2D eigenvalue weighted by molar-refractivity contribution is 5.78. The first-order chi connectivity index (χ1) is 7.83. The molecular weight excluding hydrogens is 214 g/mol. The van der Waals surface area contributed by atoms with Crippen molar-refractivity contribution in [1.29, 1.82) is 0 Å². The molecule has 4 unspecified atom stereocenters. The fourth-order valence-electron chi connectivity index (χ4n) is 3.90. The fraction of sp³-hybridized carbons (Fsp3) is 0.929. The Morgan fingerprint density at radius 2 is 2.12 bits per heavy atom. The molecule has 3 nitrogen and oxygen atoms in total. The molecule has 17 heavy (non-hydrogen) atoms. The van der Waals surface area contributed by atoms with Crippen molar-refractivity contribution in [3.63, 3.8) is 0 Å². The third-order valence-corrected chi connectivity index (χ3v) is 5.73. The average molecular weight is 239 g/mol. The van der Waals surface area contributed by atoms with Crippen LogP contribution >= 0.6 is 0 Å². The summed E-state index contributed by atoms with van der Waals surface area (Å²) in [6.45, 7) is 8.97. The molecule has 0 aromatic heterocycles. The van der Waals surface area contributed by atoms with Crippen molar-refractivity contribution < 1.29 is 9.53 Å². The van der Waals surface area contributed by atoms with Crippen molar-refractivity contribution in [2.45, 2.75) is 65.6 Å². The van der Waals surface area contributed by atoms with Crippen LogP contribution in [0.4, 0.5) is 0 Å². The number of nitrogens with two attached hydrogens (primary N) is 1. The lowest BCUT2D eigenvalue weighted by Crippen LogP contribution is -2.42. The zero-order chi connectivity index (χ0) is 12.8. The largest absolute Gasteiger partial charge is 0.367 e. The highest BCUT2D eigenvalue weighted by atomic mass is 16.5. The van der Waals surface area contributed by atoms with Crippen molar-refractivity contribution in [3.8, 4) is 0 Å². The van der Waals surface area contributed by atoms with Crippen molar-refractivity contribution in [2.75, 3.05) is 0 Å². The summed E-state index contributed by atoms with van der Waals surface area (Å²) in [7, 11) is 0. The molecule has 98 valence electrons. The van der Waals surface area contributed by atoms with Crippen molar-refractivity contribution in [1.82, 2.24) is 0 Å². The molecule has 0 aromatic rings. The Bertz CT molecular complexity index is 326. The van der Waals surface area contributed by atoms with E-state index in [-0.39, 0.29) is 17.4 Å². The van der Waals surface area contributed by atoms with E-state index in [0.29, 0.717) is 11.8 Å². The van der Waals surface area contributed by atoms with Crippen LogP contribution < -0.4 is 5.73 Å². The van der Waals surface area contributed by atoms with E-state index in [1.165, 1.54) is 12.8 Å². The quantitative estimate of drug-likeness (QED) is 0.819. The molecule has 2 fully saturated rings. The first kappa shape index (κ1) is 12.9. The maximum atomic E-state index is 11.3. The maximum absolute atomic E-state index is 11.3. The van der Waals surface area contributed by atoms with Crippen molar-refractivity contribution in [2.24, 2.45) is 22.5 Å². The second-order valence-corrected chi connectivity index (χ2v) is 6.53. The molecule has 1 amide bonds. The Hall–Kier alpha value is -0.570. The Balaban J connectivity index is 2.13. The molecule has 0 saturated heterocycles. The minimum atomic E-state index is -0.410. The topological polar surface area (TPSA) is 52.3 Å². The van der Waals surface area contributed by atoms with Gasteiger partial charge in [-0.15, -0.1) is 0 Å². The standard InChI is InChI=1S/C14H25NO2/c1-5-10(12(15)16)17-11-8-9-6-7-14(11,4)13(9,2)3/h9-11H,5-8H2,1-4H3,(H2,15,16). The molecule has 2 bridgehead atoms. The fourth-order valence-corrected chi connectivity index (χ4v) is 3.90. The van der Waals surface area contributed by atoms with Gasteiger partial charge in [0.15, 0.2) is 0 Å². The summed E-state index contributed by atoms with van der Waals surface area (Å²) < 4.78 is 6.02. The van der Waals surface area contributed by atoms with Crippen molar-refractivity contribution in [3.05, 3.63) is 0 Å². The number of primary amides is 1.